The number of carboxylic acid groups (broad SMARTS) is 1. The van der Waals surface area contributed by atoms with E-state index in [1.165, 1.54) is 0 Å². The van der Waals surface area contributed by atoms with Gasteiger partial charge in [-0.25, -0.2) is 4.79 Å². The van der Waals surface area contributed by atoms with Crippen LogP contribution in [0, 0.1) is 5.92 Å². The van der Waals surface area contributed by atoms with Crippen molar-refractivity contribution in [3.63, 3.8) is 0 Å². The molecule has 1 amide bonds. The maximum absolute atomic E-state index is 13.2. The quantitative estimate of drug-likeness (QED) is 0.895. The van der Waals surface area contributed by atoms with Crippen LogP contribution in [0.15, 0.2) is 30.5 Å². The lowest BCUT2D eigenvalue weighted by Gasteiger charge is -2.33. The fourth-order valence-electron chi connectivity index (χ4n) is 4.37. The number of carboxylic acids is 1. The molecule has 0 spiro atoms. The van der Waals surface area contributed by atoms with Crippen LogP contribution in [0.1, 0.15) is 42.5 Å². The van der Waals surface area contributed by atoms with Gasteiger partial charge in [0.05, 0.1) is 11.1 Å². The second kappa shape index (κ2) is 5.41. The zero-order chi connectivity index (χ0) is 16.0. The van der Waals surface area contributed by atoms with Crippen LogP contribution in [-0.4, -0.2) is 39.0 Å². The molecule has 1 saturated heterocycles. The van der Waals surface area contributed by atoms with Gasteiger partial charge in [-0.2, -0.15) is 0 Å². The molecule has 2 fully saturated rings. The average Bonchev–Trinajstić information content (AvgIpc) is 3.18. The number of likely N-dealkylation sites (tertiary alicyclic amines) is 1. The Kier molecular flexibility index (Phi) is 3.36. The van der Waals surface area contributed by atoms with Gasteiger partial charge in [-0.1, -0.05) is 25.0 Å². The number of carbonyl (C=O) groups is 2. The number of benzene rings is 1. The third-order valence-electron chi connectivity index (χ3n) is 5.43. The van der Waals surface area contributed by atoms with Gasteiger partial charge >= 0.3 is 5.97 Å². The molecule has 4 rings (SSSR count). The first kappa shape index (κ1) is 14.3. The summed E-state index contributed by atoms with van der Waals surface area (Å²) >= 11 is 0. The number of rotatable bonds is 2. The van der Waals surface area contributed by atoms with Crippen molar-refractivity contribution in [2.24, 2.45) is 5.92 Å². The highest BCUT2D eigenvalue weighted by Gasteiger charge is 2.47. The summed E-state index contributed by atoms with van der Waals surface area (Å²) in [6.07, 6.45) is 6.56. The molecule has 1 aliphatic heterocycles. The highest BCUT2D eigenvalue weighted by Crippen LogP contribution is 2.40. The molecule has 1 saturated carbocycles. The number of aromatic amines is 1. The maximum Gasteiger partial charge on any atom is 0.326 e. The Morgan fingerprint density at radius 1 is 1.17 bits per heavy atom. The summed E-state index contributed by atoms with van der Waals surface area (Å²) in [6.45, 7) is 0. The second-order valence-electron chi connectivity index (χ2n) is 6.66. The number of hydrogen-bond acceptors (Lipinski definition) is 2. The summed E-state index contributed by atoms with van der Waals surface area (Å²) in [4.78, 5) is 29.6. The van der Waals surface area contributed by atoms with E-state index in [1.54, 1.807) is 11.0 Å². The van der Waals surface area contributed by atoms with E-state index in [1.807, 2.05) is 24.4 Å². The van der Waals surface area contributed by atoms with Gasteiger partial charge in [-0.15, -0.1) is 0 Å². The Balaban J connectivity index is 1.75. The van der Waals surface area contributed by atoms with Crippen LogP contribution >= 0.6 is 0 Å². The van der Waals surface area contributed by atoms with Crippen LogP contribution in [0.2, 0.25) is 0 Å². The first-order valence-corrected chi connectivity index (χ1v) is 8.28. The van der Waals surface area contributed by atoms with E-state index in [-0.39, 0.29) is 11.9 Å². The Hall–Kier alpha value is -2.30. The summed E-state index contributed by atoms with van der Waals surface area (Å²) in [5.74, 6) is -0.706. The van der Waals surface area contributed by atoms with Crippen LogP contribution < -0.4 is 0 Å². The van der Waals surface area contributed by atoms with Crippen molar-refractivity contribution >= 4 is 22.8 Å². The monoisotopic (exact) mass is 312 g/mol. The summed E-state index contributed by atoms with van der Waals surface area (Å²) in [5, 5.41) is 10.6. The molecular weight excluding hydrogens is 292 g/mol. The average molecular weight is 312 g/mol. The van der Waals surface area contributed by atoms with Gasteiger partial charge in [-0.05, 0) is 37.3 Å². The van der Waals surface area contributed by atoms with Crippen molar-refractivity contribution < 1.29 is 14.7 Å². The molecule has 3 atom stereocenters. The third-order valence-corrected chi connectivity index (χ3v) is 5.43. The minimum atomic E-state index is -0.883. The lowest BCUT2D eigenvalue weighted by molar-refractivity contribution is -0.141. The zero-order valence-electron chi connectivity index (χ0n) is 12.9. The molecule has 0 bridgehead atoms. The predicted molar refractivity (Wildman–Crippen MR) is 86.3 cm³/mol. The molecule has 0 unspecified atom stereocenters. The van der Waals surface area contributed by atoms with E-state index in [0.717, 1.165) is 36.6 Å². The van der Waals surface area contributed by atoms with Gasteiger partial charge in [0.1, 0.15) is 6.04 Å². The lowest BCUT2D eigenvalue weighted by atomic mass is 9.84. The Bertz CT molecular complexity index is 766. The molecule has 2 aromatic rings. The number of H-pyrrole nitrogens is 1. The normalized spacial score (nSPS) is 27.1. The van der Waals surface area contributed by atoms with Gasteiger partial charge in [0.15, 0.2) is 0 Å². The number of nitrogens with one attached hydrogen (secondary N) is 1. The maximum atomic E-state index is 13.2. The largest absolute Gasteiger partial charge is 0.480 e. The molecule has 0 radical (unpaired) electrons. The molecule has 1 aromatic carbocycles. The lowest BCUT2D eigenvalue weighted by Crippen LogP contribution is -2.46. The minimum Gasteiger partial charge on any atom is -0.480 e. The first-order valence-electron chi connectivity index (χ1n) is 8.28. The minimum absolute atomic E-state index is 0.0718. The van der Waals surface area contributed by atoms with E-state index in [0.29, 0.717) is 17.9 Å². The van der Waals surface area contributed by atoms with E-state index in [4.69, 9.17) is 0 Å². The van der Waals surface area contributed by atoms with Crippen LogP contribution in [0.5, 0.6) is 0 Å². The van der Waals surface area contributed by atoms with Crippen molar-refractivity contribution in [3.8, 4) is 0 Å². The SMILES string of the molecule is O=C(O)[C@@H]1C[C@@H]2CCCC[C@@H]2N1C(=O)c1cccc2cc[nH]c12. The highest BCUT2D eigenvalue weighted by atomic mass is 16.4. The molecule has 1 aliphatic carbocycles. The Morgan fingerprint density at radius 2 is 2.00 bits per heavy atom. The van der Waals surface area contributed by atoms with Gasteiger partial charge in [0.25, 0.3) is 5.91 Å². The van der Waals surface area contributed by atoms with Gasteiger partial charge < -0.3 is 15.0 Å². The van der Waals surface area contributed by atoms with Crippen LogP contribution in [-0.2, 0) is 4.79 Å². The van der Waals surface area contributed by atoms with Crippen molar-refractivity contribution in [1.29, 1.82) is 0 Å². The first-order chi connectivity index (χ1) is 11.2. The van der Waals surface area contributed by atoms with E-state index < -0.39 is 12.0 Å². The van der Waals surface area contributed by atoms with Crippen molar-refractivity contribution in [3.05, 3.63) is 36.0 Å². The Labute approximate surface area is 134 Å². The Morgan fingerprint density at radius 3 is 2.83 bits per heavy atom. The number of hydrogen-bond donors (Lipinski definition) is 2. The smallest absolute Gasteiger partial charge is 0.326 e. The number of carbonyl (C=O) groups excluding carboxylic acids is 1. The molecular formula is C18H20N2O3. The standard InChI is InChI=1S/C18H20N2O3/c21-17(13-6-3-5-11-8-9-19-16(11)13)20-14-7-2-1-4-12(14)10-15(20)18(22)23/h3,5-6,8-9,12,14-15,19H,1-2,4,7,10H2,(H,22,23)/t12-,14-,15-/m0/s1. The topological polar surface area (TPSA) is 73.4 Å². The molecule has 2 aliphatic rings. The molecule has 1 aromatic heterocycles. The molecule has 5 nitrogen and oxygen atoms in total. The van der Waals surface area contributed by atoms with Gasteiger partial charge in [0.2, 0.25) is 0 Å². The summed E-state index contributed by atoms with van der Waals surface area (Å²) in [7, 11) is 0. The molecule has 2 N–H and O–H groups in total. The number of amides is 1. The molecule has 2 heterocycles. The number of nitrogens with zero attached hydrogens (tertiary/aromatic N) is 1. The highest BCUT2D eigenvalue weighted by molar-refractivity contribution is 6.07. The van der Waals surface area contributed by atoms with Crippen LogP contribution in [0.3, 0.4) is 0 Å². The van der Waals surface area contributed by atoms with Crippen LogP contribution in [0.25, 0.3) is 10.9 Å². The van der Waals surface area contributed by atoms with Crippen molar-refractivity contribution in [1.82, 2.24) is 9.88 Å². The van der Waals surface area contributed by atoms with Crippen molar-refractivity contribution in [2.45, 2.75) is 44.2 Å². The molecule has 23 heavy (non-hydrogen) atoms. The molecule has 120 valence electrons. The number of aliphatic carboxylic acids is 1. The zero-order valence-corrected chi connectivity index (χ0v) is 12.9. The van der Waals surface area contributed by atoms with Gasteiger partial charge in [0, 0.05) is 17.6 Å². The number of fused-ring (bicyclic) bond motifs is 2. The van der Waals surface area contributed by atoms with Crippen molar-refractivity contribution in [2.75, 3.05) is 0 Å². The third kappa shape index (κ3) is 2.22. The van der Waals surface area contributed by atoms with E-state index >= 15 is 0 Å². The molecule has 5 heteroatoms. The second-order valence-corrected chi connectivity index (χ2v) is 6.66. The number of aromatic nitrogens is 1. The van der Waals surface area contributed by atoms with Crippen LogP contribution in [0.4, 0.5) is 0 Å². The fourth-order valence-corrected chi connectivity index (χ4v) is 4.37. The van der Waals surface area contributed by atoms with E-state index in [9.17, 15) is 14.7 Å². The van der Waals surface area contributed by atoms with Gasteiger partial charge in [-0.3, -0.25) is 4.79 Å². The summed E-state index contributed by atoms with van der Waals surface area (Å²) in [6, 6.07) is 6.89. The summed E-state index contributed by atoms with van der Waals surface area (Å²) < 4.78 is 0. The van der Waals surface area contributed by atoms with E-state index in [2.05, 4.69) is 4.98 Å². The fraction of sp³-hybridized carbons (Fsp3) is 0.444. The summed E-state index contributed by atoms with van der Waals surface area (Å²) in [5.41, 5.74) is 1.37. The predicted octanol–water partition coefficient (Wildman–Crippen LogP) is 3.03. The number of para-hydroxylation sites is 1.